The lowest BCUT2D eigenvalue weighted by molar-refractivity contribution is -0.116. The predicted molar refractivity (Wildman–Crippen MR) is 109 cm³/mol. The van der Waals surface area contributed by atoms with Crippen LogP contribution < -0.4 is 16.0 Å². The van der Waals surface area contributed by atoms with Crippen LogP contribution in [0.3, 0.4) is 0 Å². The fourth-order valence-corrected chi connectivity index (χ4v) is 2.04. The number of aryl methyl sites for hydroxylation is 1. The molecular weight excluding hydrogens is 427 g/mol. The highest BCUT2D eigenvalue weighted by Gasteiger charge is 2.07. The summed E-state index contributed by atoms with van der Waals surface area (Å²) in [6, 6.07) is 5.89. The Hall–Kier alpha value is -1.02. The number of benzene rings is 1. The Morgan fingerprint density at radius 2 is 2.09 bits per heavy atom. The molecule has 1 unspecified atom stereocenters. The van der Waals surface area contributed by atoms with Crippen molar-refractivity contribution < 1.29 is 4.79 Å². The summed E-state index contributed by atoms with van der Waals surface area (Å²) >= 11 is 6.09. The fraction of sp³-hybridized carbons (Fsp3) is 0.500. The van der Waals surface area contributed by atoms with Crippen LogP contribution in [0, 0.1) is 6.92 Å². The molecule has 0 bridgehead atoms. The van der Waals surface area contributed by atoms with Crippen molar-refractivity contribution >= 4 is 53.1 Å². The van der Waals surface area contributed by atoms with Gasteiger partial charge in [-0.3, -0.25) is 9.79 Å². The molecule has 0 radical (unpaired) electrons. The van der Waals surface area contributed by atoms with Crippen LogP contribution in [0.4, 0.5) is 5.69 Å². The van der Waals surface area contributed by atoms with Crippen LogP contribution in [0.5, 0.6) is 0 Å². The van der Waals surface area contributed by atoms with Crippen LogP contribution in [0.2, 0.25) is 5.02 Å². The topological polar surface area (TPSA) is 65.5 Å². The molecule has 0 heterocycles. The molecule has 7 heteroatoms. The van der Waals surface area contributed by atoms with Gasteiger partial charge in [-0.1, -0.05) is 24.6 Å². The first-order chi connectivity index (χ1) is 10.5. The van der Waals surface area contributed by atoms with Crippen molar-refractivity contribution in [2.45, 2.75) is 39.7 Å². The molecule has 5 nitrogen and oxygen atoms in total. The van der Waals surface area contributed by atoms with Gasteiger partial charge in [0.25, 0.3) is 0 Å². The number of nitrogens with one attached hydrogen (secondary N) is 3. The van der Waals surface area contributed by atoms with E-state index in [9.17, 15) is 4.79 Å². The molecule has 23 heavy (non-hydrogen) atoms. The maximum atomic E-state index is 11.9. The Kier molecular flexibility index (Phi) is 11.0. The van der Waals surface area contributed by atoms with E-state index in [-0.39, 0.29) is 29.9 Å². The molecule has 0 aliphatic heterocycles. The number of hydrogen-bond acceptors (Lipinski definition) is 2. The average molecular weight is 453 g/mol. The van der Waals surface area contributed by atoms with E-state index in [1.165, 1.54) is 0 Å². The van der Waals surface area contributed by atoms with Crippen LogP contribution in [0.1, 0.15) is 32.3 Å². The van der Waals surface area contributed by atoms with Gasteiger partial charge < -0.3 is 16.0 Å². The summed E-state index contributed by atoms with van der Waals surface area (Å²) in [4.78, 5) is 16.1. The Morgan fingerprint density at radius 3 is 2.65 bits per heavy atom. The highest BCUT2D eigenvalue weighted by molar-refractivity contribution is 14.0. The van der Waals surface area contributed by atoms with E-state index < -0.39 is 0 Å². The molecule has 1 aromatic rings. The average Bonchev–Trinajstić information content (AvgIpc) is 2.48. The van der Waals surface area contributed by atoms with Crippen molar-refractivity contribution in [3.8, 4) is 0 Å². The van der Waals surface area contributed by atoms with Gasteiger partial charge in [-0.25, -0.2) is 0 Å². The first-order valence-electron chi connectivity index (χ1n) is 7.49. The Morgan fingerprint density at radius 1 is 1.39 bits per heavy atom. The van der Waals surface area contributed by atoms with Gasteiger partial charge in [0, 0.05) is 26.1 Å². The maximum Gasteiger partial charge on any atom is 0.226 e. The summed E-state index contributed by atoms with van der Waals surface area (Å²) in [5, 5.41) is 9.72. The predicted octanol–water partition coefficient (Wildman–Crippen LogP) is 3.56. The van der Waals surface area contributed by atoms with Crippen molar-refractivity contribution in [2.75, 3.05) is 18.9 Å². The standard InChI is InChI=1S/C16H25ClN4O.HI/c1-5-12(3)20-16(18-4)19-9-8-15(22)21-14-7-6-11(2)10-13(14)17;/h6-7,10,12H,5,8-9H2,1-4H3,(H,21,22)(H2,18,19,20);1H. The molecule has 0 saturated carbocycles. The minimum absolute atomic E-state index is 0. The van der Waals surface area contributed by atoms with Crippen molar-refractivity contribution in [3.05, 3.63) is 28.8 Å². The van der Waals surface area contributed by atoms with Crippen molar-refractivity contribution in [1.82, 2.24) is 10.6 Å². The van der Waals surface area contributed by atoms with Crippen molar-refractivity contribution in [2.24, 2.45) is 4.99 Å². The van der Waals surface area contributed by atoms with E-state index in [0.29, 0.717) is 35.7 Å². The third-order valence-electron chi connectivity index (χ3n) is 3.26. The lowest BCUT2D eigenvalue weighted by atomic mass is 10.2. The van der Waals surface area contributed by atoms with Crippen molar-refractivity contribution in [1.29, 1.82) is 0 Å². The Balaban J connectivity index is 0.00000484. The molecule has 0 spiro atoms. The zero-order valence-electron chi connectivity index (χ0n) is 14.1. The van der Waals surface area contributed by atoms with Gasteiger partial charge in [0.15, 0.2) is 5.96 Å². The Labute approximate surface area is 160 Å². The van der Waals surface area contributed by atoms with Crippen LogP contribution in [0.15, 0.2) is 23.2 Å². The Bertz CT molecular complexity index is 537. The lowest BCUT2D eigenvalue weighted by Gasteiger charge is -2.16. The molecule has 1 rings (SSSR count). The van der Waals surface area contributed by atoms with Crippen LogP contribution in [-0.2, 0) is 4.79 Å². The summed E-state index contributed by atoms with van der Waals surface area (Å²) in [5.74, 6) is 0.618. The van der Waals surface area contributed by atoms with E-state index in [2.05, 4.69) is 34.8 Å². The number of halogens is 2. The number of carbonyl (C=O) groups excluding carboxylic acids is 1. The van der Waals surface area contributed by atoms with E-state index in [4.69, 9.17) is 11.6 Å². The number of guanidine groups is 1. The van der Waals surface area contributed by atoms with Gasteiger partial charge in [-0.05, 0) is 38.0 Å². The molecule has 1 amide bonds. The number of anilines is 1. The fourth-order valence-electron chi connectivity index (χ4n) is 1.76. The summed E-state index contributed by atoms with van der Waals surface area (Å²) in [6.07, 6.45) is 1.35. The second-order valence-corrected chi connectivity index (χ2v) is 5.64. The zero-order chi connectivity index (χ0) is 16.5. The molecule has 0 saturated heterocycles. The van der Waals surface area contributed by atoms with Crippen LogP contribution in [0.25, 0.3) is 0 Å². The summed E-state index contributed by atoms with van der Waals surface area (Å²) in [5.41, 5.74) is 1.70. The van der Waals surface area contributed by atoms with E-state index >= 15 is 0 Å². The van der Waals surface area contributed by atoms with Crippen LogP contribution >= 0.6 is 35.6 Å². The molecule has 1 atom stereocenters. The molecule has 0 fully saturated rings. The normalized spacial score (nSPS) is 12.1. The summed E-state index contributed by atoms with van der Waals surface area (Å²) in [7, 11) is 1.71. The van der Waals surface area contributed by atoms with Gasteiger partial charge in [-0.2, -0.15) is 0 Å². The minimum atomic E-state index is -0.0859. The second kappa shape index (κ2) is 11.5. The number of hydrogen-bond donors (Lipinski definition) is 3. The quantitative estimate of drug-likeness (QED) is 0.351. The number of nitrogens with zero attached hydrogens (tertiary/aromatic N) is 1. The molecule has 0 aromatic heterocycles. The van der Waals surface area contributed by atoms with Gasteiger partial charge in [0.2, 0.25) is 5.91 Å². The highest BCUT2D eigenvalue weighted by Crippen LogP contribution is 2.22. The third kappa shape index (κ3) is 8.41. The zero-order valence-corrected chi connectivity index (χ0v) is 17.2. The molecule has 0 aliphatic rings. The summed E-state index contributed by atoms with van der Waals surface area (Å²) in [6.45, 7) is 6.64. The number of rotatable bonds is 6. The first-order valence-corrected chi connectivity index (χ1v) is 7.87. The molecule has 130 valence electrons. The number of carbonyl (C=O) groups is 1. The third-order valence-corrected chi connectivity index (χ3v) is 3.57. The van der Waals surface area contributed by atoms with Gasteiger partial charge in [-0.15, -0.1) is 24.0 Å². The van der Waals surface area contributed by atoms with E-state index in [1.54, 1.807) is 7.05 Å². The highest BCUT2D eigenvalue weighted by atomic mass is 127. The van der Waals surface area contributed by atoms with E-state index in [1.807, 2.05) is 25.1 Å². The molecule has 0 aliphatic carbocycles. The largest absolute Gasteiger partial charge is 0.356 e. The maximum absolute atomic E-state index is 11.9. The second-order valence-electron chi connectivity index (χ2n) is 5.23. The molecule has 1 aromatic carbocycles. The lowest BCUT2D eigenvalue weighted by Crippen LogP contribution is -2.42. The van der Waals surface area contributed by atoms with Gasteiger partial charge in [0.1, 0.15) is 0 Å². The smallest absolute Gasteiger partial charge is 0.226 e. The SMILES string of the molecule is CCC(C)NC(=NC)NCCC(=O)Nc1ccc(C)cc1Cl.I. The van der Waals surface area contributed by atoms with Crippen LogP contribution in [-0.4, -0.2) is 31.5 Å². The number of aliphatic imine (C=N–C) groups is 1. The number of amides is 1. The molecular formula is C16H26ClIN4O. The van der Waals surface area contributed by atoms with Gasteiger partial charge in [0.05, 0.1) is 10.7 Å². The minimum Gasteiger partial charge on any atom is -0.356 e. The summed E-state index contributed by atoms with van der Waals surface area (Å²) < 4.78 is 0. The van der Waals surface area contributed by atoms with Crippen molar-refractivity contribution in [3.63, 3.8) is 0 Å². The van der Waals surface area contributed by atoms with E-state index in [0.717, 1.165) is 12.0 Å². The first kappa shape index (κ1) is 22.0. The van der Waals surface area contributed by atoms with Gasteiger partial charge >= 0.3 is 0 Å². The monoisotopic (exact) mass is 452 g/mol. The molecule has 3 N–H and O–H groups in total.